The maximum absolute atomic E-state index is 9.26. The summed E-state index contributed by atoms with van der Waals surface area (Å²) in [4.78, 5) is 4.28. The lowest BCUT2D eigenvalue weighted by Crippen LogP contribution is -1.99. The first-order valence-electron chi connectivity index (χ1n) is 6.40. The topological polar surface area (TPSA) is 48.7 Å². The molecule has 0 aliphatic rings. The average molecular weight is 259 g/mol. The Bertz CT molecular complexity index is 811. The number of hydrogen-bond donors (Lipinski definition) is 1. The third-order valence-corrected chi connectivity index (χ3v) is 3.31. The number of benzene rings is 2. The van der Waals surface area contributed by atoms with Gasteiger partial charge >= 0.3 is 0 Å². The number of nitrogens with one attached hydrogen (secondary N) is 1. The minimum absolute atomic E-state index is 0.584. The second-order valence-corrected chi connectivity index (χ2v) is 4.61. The van der Waals surface area contributed by atoms with Gasteiger partial charge in [0.25, 0.3) is 0 Å². The zero-order valence-electron chi connectivity index (χ0n) is 11.1. The van der Waals surface area contributed by atoms with Crippen molar-refractivity contribution in [3.63, 3.8) is 0 Å². The molecule has 3 aromatic rings. The van der Waals surface area contributed by atoms with Gasteiger partial charge < -0.3 is 5.32 Å². The fraction of sp³-hybridized carbons (Fsp3) is 0.0588. The highest BCUT2D eigenvalue weighted by atomic mass is 15.0. The Balaban J connectivity index is 2.11. The molecule has 3 nitrogen and oxygen atoms in total. The molecule has 3 heteroatoms. The number of nitrogens with zero attached hydrogens (tertiary/aromatic N) is 2. The summed E-state index contributed by atoms with van der Waals surface area (Å²) in [6, 6.07) is 18.2. The van der Waals surface area contributed by atoms with Gasteiger partial charge in [0.1, 0.15) is 11.9 Å². The summed E-state index contributed by atoms with van der Waals surface area (Å²) in [5, 5.41) is 14.8. The first-order chi connectivity index (χ1) is 9.79. The van der Waals surface area contributed by atoms with Crippen LogP contribution in [0.1, 0.15) is 11.1 Å². The Labute approximate surface area is 117 Å². The summed E-state index contributed by atoms with van der Waals surface area (Å²) in [5.41, 5.74) is 2.46. The molecule has 1 aromatic heterocycles. The highest BCUT2D eigenvalue weighted by Crippen LogP contribution is 2.27. The molecule has 1 heterocycles. The minimum atomic E-state index is 0.584. The summed E-state index contributed by atoms with van der Waals surface area (Å²) >= 11 is 0. The van der Waals surface area contributed by atoms with Gasteiger partial charge in [0.05, 0.1) is 5.56 Å². The van der Waals surface area contributed by atoms with E-state index in [1.54, 1.807) is 6.20 Å². The molecule has 20 heavy (non-hydrogen) atoms. The zero-order valence-corrected chi connectivity index (χ0v) is 11.1. The summed E-state index contributed by atoms with van der Waals surface area (Å²) < 4.78 is 0. The normalized spacial score (nSPS) is 10.2. The lowest BCUT2D eigenvalue weighted by Gasteiger charge is -2.11. The van der Waals surface area contributed by atoms with Gasteiger partial charge in [-0.15, -0.1) is 0 Å². The van der Waals surface area contributed by atoms with E-state index in [9.17, 15) is 5.26 Å². The number of aryl methyl sites for hydroxylation is 1. The average Bonchev–Trinajstić information content (AvgIpc) is 2.48. The van der Waals surface area contributed by atoms with E-state index in [1.807, 2.05) is 37.3 Å². The maximum atomic E-state index is 9.26. The van der Waals surface area contributed by atoms with Crippen LogP contribution >= 0.6 is 0 Å². The summed E-state index contributed by atoms with van der Waals surface area (Å²) in [6.45, 7) is 1.91. The van der Waals surface area contributed by atoms with E-state index in [4.69, 9.17) is 0 Å². The molecule has 2 aromatic carbocycles. The van der Waals surface area contributed by atoms with Crippen molar-refractivity contribution in [3.8, 4) is 6.07 Å². The third kappa shape index (κ3) is 2.08. The number of pyridine rings is 1. The van der Waals surface area contributed by atoms with Crippen molar-refractivity contribution < 1.29 is 0 Å². The summed E-state index contributed by atoms with van der Waals surface area (Å²) in [5.74, 6) is 0.601. The molecule has 0 radical (unpaired) electrons. The van der Waals surface area contributed by atoms with Crippen LogP contribution in [-0.2, 0) is 0 Å². The summed E-state index contributed by atoms with van der Waals surface area (Å²) in [7, 11) is 0. The van der Waals surface area contributed by atoms with Crippen LogP contribution < -0.4 is 5.32 Å². The van der Waals surface area contributed by atoms with Crippen LogP contribution in [0, 0.1) is 18.3 Å². The van der Waals surface area contributed by atoms with E-state index in [-0.39, 0.29) is 0 Å². The molecular formula is C17H13N3. The van der Waals surface area contributed by atoms with Crippen LogP contribution in [0.25, 0.3) is 10.8 Å². The third-order valence-electron chi connectivity index (χ3n) is 3.31. The standard InChI is InChI=1S/C17H13N3/c1-12-9-10-19-17(15(12)11-18)20-16-8-4-6-13-5-2-3-7-14(13)16/h2-10H,1H3,(H,19,20). The van der Waals surface area contributed by atoms with E-state index < -0.39 is 0 Å². The van der Waals surface area contributed by atoms with E-state index >= 15 is 0 Å². The van der Waals surface area contributed by atoms with E-state index in [0.29, 0.717) is 11.4 Å². The maximum Gasteiger partial charge on any atom is 0.148 e. The number of nitriles is 1. The highest BCUT2D eigenvalue weighted by Gasteiger charge is 2.08. The van der Waals surface area contributed by atoms with Crippen LogP contribution in [-0.4, -0.2) is 4.98 Å². The van der Waals surface area contributed by atoms with Crippen LogP contribution in [0.15, 0.2) is 54.7 Å². The van der Waals surface area contributed by atoms with Crippen molar-refractivity contribution >= 4 is 22.3 Å². The Morgan fingerprint density at radius 1 is 1.05 bits per heavy atom. The van der Waals surface area contributed by atoms with E-state index in [0.717, 1.165) is 22.0 Å². The molecule has 0 unspecified atom stereocenters. The van der Waals surface area contributed by atoms with Gasteiger partial charge in [-0.1, -0.05) is 36.4 Å². The van der Waals surface area contributed by atoms with Crippen molar-refractivity contribution in [2.24, 2.45) is 0 Å². The van der Waals surface area contributed by atoms with Crippen molar-refractivity contribution in [3.05, 3.63) is 65.9 Å². The van der Waals surface area contributed by atoms with Crippen LogP contribution in [0.4, 0.5) is 11.5 Å². The first-order valence-corrected chi connectivity index (χ1v) is 6.40. The lowest BCUT2D eigenvalue weighted by molar-refractivity contribution is 1.25. The fourth-order valence-electron chi connectivity index (χ4n) is 2.26. The molecule has 0 atom stereocenters. The van der Waals surface area contributed by atoms with E-state index in [1.165, 1.54) is 0 Å². The Morgan fingerprint density at radius 2 is 1.85 bits per heavy atom. The molecule has 0 aliphatic carbocycles. The lowest BCUT2D eigenvalue weighted by atomic mass is 10.1. The largest absolute Gasteiger partial charge is 0.339 e. The van der Waals surface area contributed by atoms with Gasteiger partial charge in [0.15, 0.2) is 0 Å². The molecule has 0 saturated carbocycles. The molecule has 3 rings (SSSR count). The fourth-order valence-corrected chi connectivity index (χ4v) is 2.26. The molecule has 0 spiro atoms. The molecule has 0 fully saturated rings. The van der Waals surface area contributed by atoms with Crippen molar-refractivity contribution in [1.82, 2.24) is 4.98 Å². The molecule has 0 aliphatic heterocycles. The van der Waals surface area contributed by atoms with Gasteiger partial charge in [-0.25, -0.2) is 4.98 Å². The number of fused-ring (bicyclic) bond motifs is 1. The highest BCUT2D eigenvalue weighted by molar-refractivity contribution is 5.95. The Hall–Kier alpha value is -2.86. The van der Waals surface area contributed by atoms with Crippen LogP contribution in [0.3, 0.4) is 0 Å². The van der Waals surface area contributed by atoms with Crippen molar-refractivity contribution in [1.29, 1.82) is 5.26 Å². The summed E-state index contributed by atoms with van der Waals surface area (Å²) in [6.07, 6.45) is 1.71. The predicted molar refractivity (Wildman–Crippen MR) is 80.9 cm³/mol. The second-order valence-electron chi connectivity index (χ2n) is 4.61. The van der Waals surface area contributed by atoms with Gasteiger partial charge in [-0.3, -0.25) is 0 Å². The number of anilines is 2. The molecule has 0 bridgehead atoms. The minimum Gasteiger partial charge on any atom is -0.339 e. The van der Waals surface area contributed by atoms with E-state index in [2.05, 4.69) is 34.6 Å². The second kappa shape index (κ2) is 5.02. The van der Waals surface area contributed by atoms with Crippen LogP contribution in [0.2, 0.25) is 0 Å². The smallest absolute Gasteiger partial charge is 0.148 e. The Kier molecular flexibility index (Phi) is 3.06. The molecule has 0 amide bonds. The number of aromatic nitrogens is 1. The first kappa shape index (κ1) is 12.2. The van der Waals surface area contributed by atoms with Crippen molar-refractivity contribution in [2.75, 3.05) is 5.32 Å². The molecule has 96 valence electrons. The molecular weight excluding hydrogens is 246 g/mol. The number of hydrogen-bond acceptors (Lipinski definition) is 3. The zero-order chi connectivity index (χ0) is 13.9. The monoisotopic (exact) mass is 259 g/mol. The Morgan fingerprint density at radius 3 is 2.70 bits per heavy atom. The predicted octanol–water partition coefficient (Wildman–Crippen LogP) is 4.16. The quantitative estimate of drug-likeness (QED) is 0.751. The molecule has 1 N–H and O–H groups in total. The van der Waals surface area contributed by atoms with Crippen molar-refractivity contribution in [2.45, 2.75) is 6.92 Å². The van der Waals surface area contributed by atoms with Gasteiger partial charge in [0, 0.05) is 17.3 Å². The SMILES string of the molecule is Cc1ccnc(Nc2cccc3ccccc23)c1C#N. The van der Waals surface area contributed by atoms with Gasteiger partial charge in [-0.2, -0.15) is 5.26 Å². The van der Waals surface area contributed by atoms with Crippen LogP contribution in [0.5, 0.6) is 0 Å². The number of rotatable bonds is 2. The van der Waals surface area contributed by atoms with Gasteiger partial charge in [-0.05, 0) is 30.0 Å². The van der Waals surface area contributed by atoms with Gasteiger partial charge in [0.2, 0.25) is 0 Å². The molecule has 0 saturated heterocycles.